The van der Waals surface area contributed by atoms with Crippen LogP contribution in [0, 0.1) is 10.1 Å². The number of nitro groups is 1. The Morgan fingerprint density at radius 3 is 2.50 bits per heavy atom. The molecule has 0 radical (unpaired) electrons. The Hall–Kier alpha value is -3.09. The summed E-state index contributed by atoms with van der Waals surface area (Å²) in [5, 5.41) is 11.9. The van der Waals surface area contributed by atoms with Crippen molar-refractivity contribution in [2.45, 2.75) is 6.61 Å². The molecule has 0 spiro atoms. The molecule has 0 fully saturated rings. The average molecular weight is 418 g/mol. The number of rotatable bonds is 7. The molecule has 3 aromatic rings. The predicted molar refractivity (Wildman–Crippen MR) is 106 cm³/mol. The van der Waals surface area contributed by atoms with E-state index in [2.05, 4.69) is 0 Å². The third-order valence-electron chi connectivity index (χ3n) is 3.70. The van der Waals surface area contributed by atoms with Crippen LogP contribution >= 0.6 is 23.2 Å². The van der Waals surface area contributed by atoms with E-state index in [1.54, 1.807) is 36.4 Å². The summed E-state index contributed by atoms with van der Waals surface area (Å²) < 4.78 is 11.0. The van der Waals surface area contributed by atoms with Crippen LogP contribution in [-0.4, -0.2) is 10.7 Å². The standard InChI is InChI=1S/C20H13Cl2NO5/c21-14-3-1-13(2-4-14)19(24)9-8-16-6-7-17(28-16)12-27-20-10-5-15(22)11-18(20)23(25)26/h1-11H,12H2/b9-8+. The number of nitrogens with zero attached hydrogens (tertiary/aromatic N) is 1. The highest BCUT2D eigenvalue weighted by Gasteiger charge is 2.16. The van der Waals surface area contributed by atoms with Gasteiger partial charge in [0.25, 0.3) is 0 Å². The second-order valence-electron chi connectivity index (χ2n) is 5.67. The lowest BCUT2D eigenvalue weighted by Gasteiger charge is -2.05. The molecule has 2 aromatic carbocycles. The van der Waals surface area contributed by atoms with E-state index >= 15 is 0 Å². The summed E-state index contributed by atoms with van der Waals surface area (Å²) in [6, 6.07) is 14.0. The Kier molecular flexibility index (Phi) is 6.13. The maximum absolute atomic E-state index is 12.1. The summed E-state index contributed by atoms with van der Waals surface area (Å²) in [6.07, 6.45) is 2.92. The predicted octanol–water partition coefficient (Wildman–Crippen LogP) is 5.97. The Morgan fingerprint density at radius 1 is 1.07 bits per heavy atom. The molecule has 0 atom stereocenters. The van der Waals surface area contributed by atoms with Gasteiger partial charge in [-0.05, 0) is 60.7 Å². The van der Waals surface area contributed by atoms with Gasteiger partial charge in [-0.1, -0.05) is 23.2 Å². The quantitative estimate of drug-likeness (QED) is 0.204. The third-order valence-corrected chi connectivity index (χ3v) is 4.18. The lowest BCUT2D eigenvalue weighted by Crippen LogP contribution is -1.98. The number of hydrogen-bond acceptors (Lipinski definition) is 5. The average Bonchev–Trinajstić information content (AvgIpc) is 3.13. The Balaban J connectivity index is 1.64. The molecule has 0 aliphatic carbocycles. The Labute approximate surface area is 170 Å². The van der Waals surface area contributed by atoms with E-state index < -0.39 is 4.92 Å². The van der Waals surface area contributed by atoms with Crippen LogP contribution in [0.2, 0.25) is 10.0 Å². The van der Waals surface area contributed by atoms with E-state index in [0.29, 0.717) is 22.1 Å². The van der Waals surface area contributed by atoms with Crippen LogP contribution in [-0.2, 0) is 6.61 Å². The van der Waals surface area contributed by atoms with Gasteiger partial charge in [0.15, 0.2) is 11.5 Å². The van der Waals surface area contributed by atoms with E-state index in [4.69, 9.17) is 32.4 Å². The van der Waals surface area contributed by atoms with Gasteiger partial charge in [-0.25, -0.2) is 0 Å². The van der Waals surface area contributed by atoms with Crippen LogP contribution < -0.4 is 4.74 Å². The molecule has 6 nitrogen and oxygen atoms in total. The molecular weight excluding hydrogens is 405 g/mol. The topological polar surface area (TPSA) is 82.6 Å². The van der Waals surface area contributed by atoms with Crippen LogP contribution in [0.3, 0.4) is 0 Å². The molecule has 1 aromatic heterocycles. The molecule has 0 unspecified atom stereocenters. The zero-order valence-electron chi connectivity index (χ0n) is 14.3. The number of allylic oxidation sites excluding steroid dienone is 1. The highest BCUT2D eigenvalue weighted by Crippen LogP contribution is 2.30. The summed E-state index contributed by atoms with van der Waals surface area (Å²) in [5.74, 6) is 0.790. The summed E-state index contributed by atoms with van der Waals surface area (Å²) in [6.45, 7) is -0.0125. The van der Waals surface area contributed by atoms with Gasteiger partial charge in [0, 0.05) is 21.7 Å². The van der Waals surface area contributed by atoms with E-state index in [1.807, 2.05) is 0 Å². The molecule has 0 saturated heterocycles. The molecule has 0 N–H and O–H groups in total. The van der Waals surface area contributed by atoms with Crippen LogP contribution in [0.15, 0.2) is 65.1 Å². The molecule has 3 rings (SSSR count). The summed E-state index contributed by atoms with van der Waals surface area (Å²) in [4.78, 5) is 22.6. The number of carbonyl (C=O) groups is 1. The van der Waals surface area contributed by atoms with Gasteiger partial charge >= 0.3 is 5.69 Å². The first-order valence-electron chi connectivity index (χ1n) is 8.06. The number of hydrogen-bond donors (Lipinski definition) is 0. The molecule has 142 valence electrons. The first-order chi connectivity index (χ1) is 13.4. The van der Waals surface area contributed by atoms with Crippen molar-refractivity contribution in [3.63, 3.8) is 0 Å². The number of furan rings is 1. The van der Waals surface area contributed by atoms with E-state index in [1.165, 1.54) is 30.4 Å². The lowest BCUT2D eigenvalue weighted by atomic mass is 10.1. The van der Waals surface area contributed by atoms with Crippen molar-refractivity contribution in [1.29, 1.82) is 0 Å². The third kappa shape index (κ3) is 5.00. The highest BCUT2D eigenvalue weighted by atomic mass is 35.5. The van der Waals surface area contributed by atoms with E-state index in [-0.39, 0.29) is 28.8 Å². The lowest BCUT2D eigenvalue weighted by molar-refractivity contribution is -0.385. The largest absolute Gasteiger partial charge is 0.479 e. The molecule has 8 heteroatoms. The van der Waals surface area contributed by atoms with Gasteiger partial charge in [0.1, 0.15) is 18.1 Å². The van der Waals surface area contributed by atoms with E-state index in [0.717, 1.165) is 0 Å². The SMILES string of the molecule is O=C(/C=C/c1ccc(COc2ccc(Cl)cc2[N+](=O)[O-])o1)c1ccc(Cl)cc1. The first-order valence-corrected chi connectivity index (χ1v) is 8.81. The molecule has 0 bridgehead atoms. The number of halogens is 2. The first kappa shape index (κ1) is 19.7. The van der Waals surface area contributed by atoms with Gasteiger partial charge in [0.2, 0.25) is 0 Å². The van der Waals surface area contributed by atoms with Crippen LogP contribution in [0.1, 0.15) is 21.9 Å². The monoisotopic (exact) mass is 417 g/mol. The number of ketones is 1. The van der Waals surface area contributed by atoms with Crippen molar-refractivity contribution in [2.24, 2.45) is 0 Å². The van der Waals surface area contributed by atoms with Crippen molar-refractivity contribution in [3.8, 4) is 5.75 Å². The zero-order valence-corrected chi connectivity index (χ0v) is 15.8. The van der Waals surface area contributed by atoms with Crippen molar-refractivity contribution in [3.05, 3.63) is 97.9 Å². The second-order valence-corrected chi connectivity index (χ2v) is 6.54. The number of carbonyl (C=O) groups excluding carboxylic acids is 1. The number of benzene rings is 2. The van der Waals surface area contributed by atoms with Crippen molar-refractivity contribution in [2.75, 3.05) is 0 Å². The normalized spacial score (nSPS) is 10.9. The number of nitro benzene ring substituents is 1. The molecule has 0 aliphatic heterocycles. The molecule has 28 heavy (non-hydrogen) atoms. The van der Waals surface area contributed by atoms with Gasteiger partial charge in [-0.15, -0.1) is 0 Å². The highest BCUT2D eigenvalue weighted by molar-refractivity contribution is 6.31. The van der Waals surface area contributed by atoms with Gasteiger partial charge in [-0.3, -0.25) is 14.9 Å². The van der Waals surface area contributed by atoms with Crippen LogP contribution in [0.4, 0.5) is 5.69 Å². The minimum atomic E-state index is -0.570. The van der Waals surface area contributed by atoms with Gasteiger partial charge in [0.05, 0.1) is 4.92 Å². The minimum Gasteiger partial charge on any atom is -0.479 e. The maximum atomic E-state index is 12.1. The summed E-state index contributed by atoms with van der Waals surface area (Å²) in [5.41, 5.74) is 0.276. The second kappa shape index (κ2) is 8.73. The van der Waals surface area contributed by atoms with Gasteiger partial charge in [-0.2, -0.15) is 0 Å². The Bertz CT molecular complexity index is 1040. The van der Waals surface area contributed by atoms with E-state index in [9.17, 15) is 14.9 Å². The van der Waals surface area contributed by atoms with Crippen LogP contribution in [0.25, 0.3) is 6.08 Å². The molecular formula is C20H13Cl2NO5. The van der Waals surface area contributed by atoms with Crippen molar-refractivity contribution in [1.82, 2.24) is 0 Å². The maximum Gasteiger partial charge on any atom is 0.312 e. The fraction of sp³-hybridized carbons (Fsp3) is 0.0500. The minimum absolute atomic E-state index is 0.0125. The fourth-order valence-corrected chi connectivity index (χ4v) is 2.63. The molecule has 0 aliphatic rings. The summed E-state index contributed by atoms with van der Waals surface area (Å²) >= 11 is 11.6. The van der Waals surface area contributed by atoms with Gasteiger partial charge < -0.3 is 9.15 Å². The smallest absolute Gasteiger partial charge is 0.312 e. The zero-order chi connectivity index (χ0) is 20.1. The fourth-order valence-electron chi connectivity index (χ4n) is 2.33. The molecule has 1 heterocycles. The summed E-state index contributed by atoms with van der Waals surface area (Å²) in [7, 11) is 0. The van der Waals surface area contributed by atoms with Crippen LogP contribution in [0.5, 0.6) is 5.75 Å². The molecule has 0 amide bonds. The Morgan fingerprint density at radius 2 is 1.79 bits per heavy atom. The molecule has 0 saturated carbocycles. The van der Waals surface area contributed by atoms with Crippen molar-refractivity contribution >= 4 is 40.7 Å². The van der Waals surface area contributed by atoms with Crippen molar-refractivity contribution < 1.29 is 18.9 Å². The number of ether oxygens (including phenoxy) is 1.